The van der Waals surface area contributed by atoms with Gasteiger partial charge in [0.05, 0.1) is 0 Å². The molecule has 1 aliphatic heterocycles. The molecule has 0 aromatic carbocycles. The number of hydrogen-bond donors (Lipinski definition) is 2. The molecule has 0 radical (unpaired) electrons. The van der Waals surface area contributed by atoms with Crippen molar-refractivity contribution in [1.29, 1.82) is 0 Å². The van der Waals surface area contributed by atoms with Crippen molar-refractivity contribution in [2.24, 2.45) is 0 Å². The van der Waals surface area contributed by atoms with Gasteiger partial charge in [-0.1, -0.05) is 6.92 Å². The fraction of sp³-hybridized carbons (Fsp3) is 1.00. The van der Waals surface area contributed by atoms with E-state index in [0.29, 0.717) is 6.04 Å². The average Bonchev–Trinajstić information content (AvgIpc) is 2.16. The maximum absolute atomic E-state index is 9.55. The third-order valence-electron chi connectivity index (χ3n) is 3.04. The molecule has 3 unspecified atom stereocenters. The van der Waals surface area contributed by atoms with Crippen molar-refractivity contribution in [1.82, 2.24) is 9.80 Å². The van der Waals surface area contributed by atoms with Gasteiger partial charge in [0.25, 0.3) is 0 Å². The van der Waals surface area contributed by atoms with Crippen LogP contribution in [0.15, 0.2) is 0 Å². The molecule has 4 heteroatoms. The summed E-state index contributed by atoms with van der Waals surface area (Å²) >= 11 is 0. The van der Waals surface area contributed by atoms with Gasteiger partial charge < -0.3 is 10.2 Å². The molecule has 0 aromatic rings. The van der Waals surface area contributed by atoms with Crippen LogP contribution in [0.2, 0.25) is 0 Å². The van der Waals surface area contributed by atoms with Crippen molar-refractivity contribution in [3.05, 3.63) is 0 Å². The molecule has 2 N–H and O–H groups in total. The second-order valence-corrected chi connectivity index (χ2v) is 4.06. The summed E-state index contributed by atoms with van der Waals surface area (Å²) < 4.78 is 0. The standard InChI is InChI=1S/C10H22N2O2/c1-4-10-7-11(8(2)13)5-6-12(10)9(3)14/h8-10,13-14H,4-7H2,1-3H3. The van der Waals surface area contributed by atoms with E-state index < -0.39 is 0 Å². The smallest absolute Gasteiger partial charge is 0.104 e. The molecule has 0 spiro atoms. The molecule has 1 fully saturated rings. The van der Waals surface area contributed by atoms with Gasteiger partial charge in [0.2, 0.25) is 0 Å². The normalized spacial score (nSPS) is 30.2. The van der Waals surface area contributed by atoms with Gasteiger partial charge in [-0.05, 0) is 20.3 Å². The van der Waals surface area contributed by atoms with E-state index in [1.807, 2.05) is 4.90 Å². The highest BCUT2D eigenvalue weighted by molar-refractivity contribution is 4.81. The molecule has 1 aliphatic rings. The van der Waals surface area contributed by atoms with Gasteiger partial charge in [0.15, 0.2) is 0 Å². The van der Waals surface area contributed by atoms with Crippen molar-refractivity contribution in [3.8, 4) is 0 Å². The third kappa shape index (κ3) is 2.67. The van der Waals surface area contributed by atoms with Gasteiger partial charge in [0.1, 0.15) is 12.5 Å². The molecule has 4 nitrogen and oxygen atoms in total. The van der Waals surface area contributed by atoms with Gasteiger partial charge in [0, 0.05) is 25.7 Å². The van der Waals surface area contributed by atoms with Crippen LogP contribution in [0.3, 0.4) is 0 Å². The van der Waals surface area contributed by atoms with Crippen molar-refractivity contribution in [2.75, 3.05) is 19.6 Å². The first-order valence-electron chi connectivity index (χ1n) is 5.42. The van der Waals surface area contributed by atoms with Crippen LogP contribution in [0.1, 0.15) is 27.2 Å². The van der Waals surface area contributed by atoms with Crippen LogP contribution in [-0.2, 0) is 0 Å². The first kappa shape index (κ1) is 11.9. The number of hydrogen-bond acceptors (Lipinski definition) is 4. The minimum Gasteiger partial charge on any atom is -0.379 e. The lowest BCUT2D eigenvalue weighted by Crippen LogP contribution is -2.57. The molecule has 0 amide bonds. The highest BCUT2D eigenvalue weighted by Crippen LogP contribution is 2.15. The Balaban J connectivity index is 2.54. The van der Waals surface area contributed by atoms with E-state index >= 15 is 0 Å². The number of nitrogens with zero attached hydrogens (tertiary/aromatic N) is 2. The summed E-state index contributed by atoms with van der Waals surface area (Å²) in [5.41, 5.74) is 0. The molecule has 0 aromatic heterocycles. The zero-order valence-electron chi connectivity index (χ0n) is 9.35. The first-order chi connectivity index (χ1) is 6.56. The summed E-state index contributed by atoms with van der Waals surface area (Å²) in [6.45, 7) is 8.23. The van der Waals surface area contributed by atoms with E-state index in [-0.39, 0.29) is 12.5 Å². The Hall–Kier alpha value is -0.160. The number of piperazine rings is 1. The maximum atomic E-state index is 9.55. The second kappa shape index (κ2) is 5.07. The number of rotatable bonds is 3. The van der Waals surface area contributed by atoms with E-state index in [1.54, 1.807) is 13.8 Å². The Bertz CT molecular complexity index is 174. The zero-order chi connectivity index (χ0) is 10.7. The molecule has 14 heavy (non-hydrogen) atoms. The van der Waals surface area contributed by atoms with Crippen LogP contribution >= 0.6 is 0 Å². The van der Waals surface area contributed by atoms with Gasteiger partial charge in [-0.2, -0.15) is 0 Å². The summed E-state index contributed by atoms with van der Waals surface area (Å²) in [6.07, 6.45) is 0.255. The molecule has 1 heterocycles. The molecule has 0 aliphatic carbocycles. The van der Waals surface area contributed by atoms with Crippen molar-refractivity contribution in [3.63, 3.8) is 0 Å². The van der Waals surface area contributed by atoms with E-state index in [1.165, 1.54) is 0 Å². The topological polar surface area (TPSA) is 46.9 Å². The van der Waals surface area contributed by atoms with Crippen LogP contribution in [0.5, 0.6) is 0 Å². The molecule has 3 atom stereocenters. The minimum atomic E-state index is -0.379. The summed E-state index contributed by atoms with van der Waals surface area (Å²) in [4.78, 5) is 4.14. The lowest BCUT2D eigenvalue weighted by molar-refractivity contribution is -0.0860. The van der Waals surface area contributed by atoms with Gasteiger partial charge in [-0.15, -0.1) is 0 Å². The van der Waals surface area contributed by atoms with Crippen LogP contribution in [-0.4, -0.2) is 58.1 Å². The Kier molecular flexibility index (Phi) is 4.31. The number of aliphatic hydroxyl groups is 2. The Morgan fingerprint density at radius 3 is 2.29 bits per heavy atom. The molecular weight excluding hydrogens is 180 g/mol. The average molecular weight is 202 g/mol. The van der Waals surface area contributed by atoms with Crippen molar-refractivity contribution in [2.45, 2.75) is 45.7 Å². The molecular formula is C10H22N2O2. The predicted molar refractivity (Wildman–Crippen MR) is 55.7 cm³/mol. The monoisotopic (exact) mass is 202 g/mol. The van der Waals surface area contributed by atoms with E-state index in [4.69, 9.17) is 0 Å². The van der Waals surface area contributed by atoms with E-state index in [2.05, 4.69) is 11.8 Å². The Morgan fingerprint density at radius 1 is 1.21 bits per heavy atom. The summed E-state index contributed by atoms with van der Waals surface area (Å²) in [5.74, 6) is 0. The quantitative estimate of drug-likeness (QED) is 0.679. The summed E-state index contributed by atoms with van der Waals surface area (Å²) in [6, 6.07) is 0.360. The van der Waals surface area contributed by atoms with Crippen LogP contribution in [0, 0.1) is 0 Å². The van der Waals surface area contributed by atoms with Crippen molar-refractivity contribution < 1.29 is 10.2 Å². The SMILES string of the molecule is CCC1CN(C(C)O)CCN1C(C)O. The molecule has 0 saturated carbocycles. The molecule has 0 bridgehead atoms. The van der Waals surface area contributed by atoms with Crippen LogP contribution in [0.25, 0.3) is 0 Å². The van der Waals surface area contributed by atoms with Gasteiger partial charge in [-0.25, -0.2) is 0 Å². The van der Waals surface area contributed by atoms with E-state index in [9.17, 15) is 10.2 Å². The fourth-order valence-electron chi connectivity index (χ4n) is 2.09. The first-order valence-corrected chi connectivity index (χ1v) is 5.42. The molecule has 1 rings (SSSR count). The largest absolute Gasteiger partial charge is 0.379 e. The molecule has 1 saturated heterocycles. The van der Waals surface area contributed by atoms with Crippen LogP contribution < -0.4 is 0 Å². The fourth-order valence-corrected chi connectivity index (χ4v) is 2.09. The van der Waals surface area contributed by atoms with Gasteiger partial charge >= 0.3 is 0 Å². The maximum Gasteiger partial charge on any atom is 0.104 e. The summed E-state index contributed by atoms with van der Waals surface area (Å²) in [7, 11) is 0. The van der Waals surface area contributed by atoms with Gasteiger partial charge in [-0.3, -0.25) is 9.80 Å². The highest BCUT2D eigenvalue weighted by Gasteiger charge is 2.29. The Labute approximate surface area is 86.1 Å². The second-order valence-electron chi connectivity index (χ2n) is 4.06. The van der Waals surface area contributed by atoms with E-state index in [0.717, 1.165) is 26.1 Å². The predicted octanol–water partition coefficient (Wildman–Crippen LogP) is 0.0592. The minimum absolute atomic E-state index is 0.360. The highest BCUT2D eigenvalue weighted by atomic mass is 16.3. The Morgan fingerprint density at radius 2 is 1.86 bits per heavy atom. The number of aliphatic hydroxyl groups excluding tert-OH is 2. The third-order valence-corrected chi connectivity index (χ3v) is 3.04. The lowest BCUT2D eigenvalue weighted by atomic mass is 10.1. The zero-order valence-corrected chi connectivity index (χ0v) is 9.35. The van der Waals surface area contributed by atoms with Crippen molar-refractivity contribution >= 4 is 0 Å². The molecule has 84 valence electrons. The summed E-state index contributed by atoms with van der Waals surface area (Å²) in [5, 5.41) is 19.0. The lowest BCUT2D eigenvalue weighted by Gasteiger charge is -2.43. The van der Waals surface area contributed by atoms with Crippen LogP contribution in [0.4, 0.5) is 0 Å².